The Labute approximate surface area is 194 Å². The van der Waals surface area contributed by atoms with Gasteiger partial charge in [-0.15, -0.1) is 0 Å². The third kappa shape index (κ3) is 5.75. The maximum absolute atomic E-state index is 11.7. The summed E-state index contributed by atoms with van der Waals surface area (Å²) in [4.78, 5) is 11.7. The van der Waals surface area contributed by atoms with Crippen molar-refractivity contribution in [2.24, 2.45) is 0 Å². The van der Waals surface area contributed by atoms with Gasteiger partial charge in [-0.2, -0.15) is 0 Å². The third-order valence-corrected chi connectivity index (χ3v) is 5.73. The molecule has 0 spiro atoms. The molecule has 4 aromatic rings. The maximum atomic E-state index is 11.7. The van der Waals surface area contributed by atoms with Crippen molar-refractivity contribution in [3.8, 4) is 22.3 Å². The zero-order valence-electron chi connectivity index (χ0n) is 18.3. The van der Waals surface area contributed by atoms with E-state index in [9.17, 15) is 15.0 Å². The van der Waals surface area contributed by atoms with E-state index >= 15 is 0 Å². The summed E-state index contributed by atoms with van der Waals surface area (Å²) in [5.41, 5.74) is 6.03. The number of benzene rings is 4. The van der Waals surface area contributed by atoms with Crippen LogP contribution in [0.15, 0.2) is 103 Å². The summed E-state index contributed by atoms with van der Waals surface area (Å²) in [6.07, 6.45) is 0.343. The van der Waals surface area contributed by atoms with Gasteiger partial charge in [0.15, 0.2) is 0 Å². The molecule has 0 aliphatic rings. The Bertz CT molecular complexity index is 1190. The van der Waals surface area contributed by atoms with Crippen molar-refractivity contribution >= 4 is 5.97 Å². The van der Waals surface area contributed by atoms with Gasteiger partial charge in [-0.3, -0.25) is 0 Å². The molecule has 0 amide bonds. The highest BCUT2D eigenvalue weighted by Gasteiger charge is 2.13. The van der Waals surface area contributed by atoms with Crippen LogP contribution < -0.4 is 5.32 Å². The second-order valence-electron chi connectivity index (χ2n) is 8.01. The van der Waals surface area contributed by atoms with Crippen LogP contribution in [0.5, 0.6) is 0 Å². The van der Waals surface area contributed by atoms with Crippen molar-refractivity contribution in [3.63, 3.8) is 0 Å². The molecule has 0 aliphatic heterocycles. The van der Waals surface area contributed by atoms with Crippen molar-refractivity contribution in [2.75, 3.05) is 13.1 Å². The van der Waals surface area contributed by atoms with Crippen LogP contribution in [0.2, 0.25) is 0 Å². The Morgan fingerprint density at radius 2 is 1.39 bits per heavy atom. The number of rotatable bonds is 9. The lowest BCUT2D eigenvalue weighted by molar-refractivity contribution is 0.0697. The summed E-state index contributed by atoms with van der Waals surface area (Å²) in [6.45, 7) is 1.29. The number of hydrogen-bond donors (Lipinski definition) is 3. The predicted molar refractivity (Wildman–Crippen MR) is 132 cm³/mol. The zero-order valence-corrected chi connectivity index (χ0v) is 18.3. The molecule has 4 aromatic carbocycles. The molecule has 1 atom stereocenters. The molecular weight excluding hydrogens is 410 g/mol. The highest BCUT2D eigenvalue weighted by atomic mass is 16.4. The summed E-state index contributed by atoms with van der Waals surface area (Å²) >= 11 is 0. The van der Waals surface area contributed by atoms with Gasteiger partial charge in [0.2, 0.25) is 0 Å². The molecular formula is C29H27NO3. The summed E-state index contributed by atoms with van der Waals surface area (Å²) < 4.78 is 0. The molecule has 0 heterocycles. The standard InChI is InChI=1S/C29H27NO3/c31-28(24-9-5-2-6-10-24)20-30-18-17-21-11-13-22(14-12-21)25-15-16-26(29(32)33)27(19-25)23-7-3-1-4-8-23/h1-16,19,28,30-31H,17-18,20H2,(H,32,33)/t28-/m0/s1. The molecule has 0 aromatic heterocycles. The quantitative estimate of drug-likeness (QED) is 0.299. The summed E-state index contributed by atoms with van der Waals surface area (Å²) in [5, 5.41) is 23.2. The Morgan fingerprint density at radius 1 is 0.758 bits per heavy atom. The fourth-order valence-electron chi connectivity index (χ4n) is 3.90. The van der Waals surface area contributed by atoms with Crippen molar-refractivity contribution < 1.29 is 15.0 Å². The zero-order chi connectivity index (χ0) is 23.0. The Hall–Kier alpha value is -3.73. The third-order valence-electron chi connectivity index (χ3n) is 5.73. The van der Waals surface area contributed by atoms with Crippen LogP contribution in [0.1, 0.15) is 27.6 Å². The molecule has 33 heavy (non-hydrogen) atoms. The maximum Gasteiger partial charge on any atom is 0.336 e. The van der Waals surface area contributed by atoms with Gasteiger partial charge in [-0.1, -0.05) is 91.0 Å². The number of aromatic carboxylic acids is 1. The molecule has 4 nitrogen and oxygen atoms in total. The van der Waals surface area contributed by atoms with Gasteiger partial charge < -0.3 is 15.5 Å². The van der Waals surface area contributed by atoms with E-state index in [0.29, 0.717) is 17.7 Å². The van der Waals surface area contributed by atoms with Gasteiger partial charge in [-0.25, -0.2) is 4.79 Å². The summed E-state index contributed by atoms with van der Waals surface area (Å²) in [6, 6.07) is 33.1. The van der Waals surface area contributed by atoms with E-state index in [1.165, 1.54) is 5.56 Å². The number of aliphatic hydroxyl groups is 1. The second kappa shape index (κ2) is 10.7. The molecule has 0 radical (unpaired) electrons. The minimum absolute atomic E-state index is 0.297. The van der Waals surface area contributed by atoms with E-state index in [1.807, 2.05) is 72.8 Å². The minimum Gasteiger partial charge on any atom is -0.478 e. The lowest BCUT2D eigenvalue weighted by Gasteiger charge is -2.12. The van der Waals surface area contributed by atoms with E-state index in [2.05, 4.69) is 29.6 Å². The Kier molecular flexibility index (Phi) is 7.30. The summed E-state index contributed by atoms with van der Waals surface area (Å²) in [5.74, 6) is -0.930. The van der Waals surface area contributed by atoms with Gasteiger partial charge in [0, 0.05) is 6.54 Å². The topological polar surface area (TPSA) is 69.6 Å². The first-order chi connectivity index (χ1) is 16.1. The molecule has 0 saturated carbocycles. The van der Waals surface area contributed by atoms with Crippen LogP contribution in [0.3, 0.4) is 0 Å². The van der Waals surface area contributed by atoms with Crippen molar-refractivity contribution in [3.05, 3.63) is 120 Å². The van der Waals surface area contributed by atoms with Crippen LogP contribution >= 0.6 is 0 Å². The van der Waals surface area contributed by atoms with Crippen molar-refractivity contribution in [1.82, 2.24) is 5.32 Å². The SMILES string of the molecule is O=C(O)c1ccc(-c2ccc(CCNC[C@H](O)c3ccccc3)cc2)cc1-c1ccccc1. The number of carboxylic acids is 1. The fraction of sp³-hybridized carbons (Fsp3) is 0.138. The monoisotopic (exact) mass is 437 g/mol. The number of carboxylic acid groups (broad SMARTS) is 1. The van der Waals surface area contributed by atoms with Crippen LogP contribution in [-0.4, -0.2) is 29.3 Å². The average molecular weight is 438 g/mol. The minimum atomic E-state index is -0.930. The van der Waals surface area contributed by atoms with Gasteiger partial charge in [0.1, 0.15) is 0 Å². The van der Waals surface area contributed by atoms with E-state index < -0.39 is 12.1 Å². The van der Waals surface area contributed by atoms with E-state index in [1.54, 1.807) is 6.07 Å². The molecule has 0 unspecified atom stereocenters. The van der Waals surface area contributed by atoms with Crippen molar-refractivity contribution in [1.29, 1.82) is 0 Å². The first kappa shape index (κ1) is 22.5. The molecule has 4 heteroatoms. The molecule has 4 rings (SSSR count). The number of carbonyl (C=O) groups is 1. The first-order valence-electron chi connectivity index (χ1n) is 11.1. The average Bonchev–Trinajstić information content (AvgIpc) is 2.87. The Morgan fingerprint density at radius 3 is 2.06 bits per heavy atom. The second-order valence-corrected chi connectivity index (χ2v) is 8.01. The fourth-order valence-corrected chi connectivity index (χ4v) is 3.90. The number of hydrogen-bond acceptors (Lipinski definition) is 3. The van der Waals surface area contributed by atoms with Gasteiger partial charge in [0.25, 0.3) is 0 Å². The molecule has 0 bridgehead atoms. The first-order valence-corrected chi connectivity index (χ1v) is 11.1. The van der Waals surface area contributed by atoms with E-state index in [0.717, 1.165) is 35.2 Å². The lowest BCUT2D eigenvalue weighted by Crippen LogP contribution is -2.23. The Balaban J connectivity index is 1.40. The van der Waals surface area contributed by atoms with Crippen LogP contribution in [0.25, 0.3) is 22.3 Å². The summed E-state index contributed by atoms with van der Waals surface area (Å²) in [7, 11) is 0. The molecule has 0 aliphatic carbocycles. The molecule has 0 fully saturated rings. The molecule has 3 N–H and O–H groups in total. The molecule has 166 valence electrons. The number of aliphatic hydroxyl groups excluding tert-OH is 1. The predicted octanol–water partition coefficient (Wildman–Crippen LogP) is 5.58. The van der Waals surface area contributed by atoms with E-state index in [-0.39, 0.29) is 0 Å². The lowest BCUT2D eigenvalue weighted by atomic mass is 9.94. The number of nitrogens with one attached hydrogen (secondary N) is 1. The smallest absolute Gasteiger partial charge is 0.336 e. The van der Waals surface area contributed by atoms with Crippen LogP contribution in [-0.2, 0) is 6.42 Å². The van der Waals surface area contributed by atoms with E-state index in [4.69, 9.17) is 0 Å². The van der Waals surface area contributed by atoms with Gasteiger partial charge in [-0.05, 0) is 58.5 Å². The molecule has 0 saturated heterocycles. The van der Waals surface area contributed by atoms with Gasteiger partial charge >= 0.3 is 5.97 Å². The largest absolute Gasteiger partial charge is 0.478 e. The van der Waals surface area contributed by atoms with Crippen LogP contribution in [0.4, 0.5) is 0 Å². The highest BCUT2D eigenvalue weighted by Crippen LogP contribution is 2.30. The van der Waals surface area contributed by atoms with Crippen LogP contribution in [0, 0.1) is 0 Å². The normalized spacial score (nSPS) is 11.8. The van der Waals surface area contributed by atoms with Crippen molar-refractivity contribution in [2.45, 2.75) is 12.5 Å². The highest BCUT2D eigenvalue weighted by molar-refractivity contribution is 5.97. The van der Waals surface area contributed by atoms with Gasteiger partial charge in [0.05, 0.1) is 11.7 Å².